The van der Waals surface area contributed by atoms with Gasteiger partial charge >= 0.3 is 12.1 Å². The van der Waals surface area contributed by atoms with Crippen molar-refractivity contribution in [3.63, 3.8) is 0 Å². The Hall–Kier alpha value is -2.17. The first-order valence-electron chi connectivity index (χ1n) is 4.74. The van der Waals surface area contributed by atoms with Crippen molar-refractivity contribution in [2.75, 3.05) is 7.11 Å². The predicted octanol–water partition coefficient (Wildman–Crippen LogP) is 3.30. The molecule has 1 aromatic rings. The minimum atomic E-state index is -5.18. The maximum absolute atomic E-state index is 12.8. The molecule has 0 atom stereocenters. The van der Waals surface area contributed by atoms with Gasteiger partial charge < -0.3 is 4.74 Å². The van der Waals surface area contributed by atoms with Crippen LogP contribution >= 0.6 is 0 Å². The van der Waals surface area contributed by atoms with Crippen LogP contribution in [0.2, 0.25) is 0 Å². The molecule has 102 valence electrons. The largest absolute Gasteiger partial charge is 0.465 e. The lowest BCUT2D eigenvalue weighted by Crippen LogP contribution is -2.17. The number of benzene rings is 1. The van der Waals surface area contributed by atoms with Gasteiger partial charge in [-0.3, -0.25) is 0 Å². The molecule has 0 heterocycles. The van der Waals surface area contributed by atoms with Crippen LogP contribution in [0, 0.1) is 11.3 Å². The van der Waals surface area contributed by atoms with Crippen LogP contribution in [0.15, 0.2) is 12.1 Å². The number of nitriles is 1. The van der Waals surface area contributed by atoms with Gasteiger partial charge in [-0.25, -0.2) is 13.6 Å². The first kappa shape index (κ1) is 14.9. The van der Waals surface area contributed by atoms with Crippen LogP contribution < -0.4 is 0 Å². The summed E-state index contributed by atoms with van der Waals surface area (Å²) >= 11 is 0. The van der Waals surface area contributed by atoms with Crippen LogP contribution in [-0.4, -0.2) is 13.1 Å². The van der Waals surface area contributed by atoms with Crippen molar-refractivity contribution in [1.82, 2.24) is 0 Å². The molecule has 0 amide bonds. The zero-order valence-corrected chi connectivity index (χ0v) is 9.39. The molecule has 0 saturated heterocycles. The Morgan fingerprint density at radius 1 is 1.37 bits per heavy atom. The highest BCUT2D eigenvalue weighted by molar-refractivity contribution is 5.92. The summed E-state index contributed by atoms with van der Waals surface area (Å²) in [6.45, 7) is 0. The summed E-state index contributed by atoms with van der Waals surface area (Å²) in [5.41, 5.74) is -5.24. The number of nitrogens with zero attached hydrogens (tertiary/aromatic N) is 1. The SMILES string of the molecule is COC(=O)c1ccc(C#N)c(C(F)(F)F)c1C(F)F. The molecule has 19 heavy (non-hydrogen) atoms. The molecule has 0 saturated carbocycles. The van der Waals surface area contributed by atoms with E-state index < -0.39 is 40.8 Å². The van der Waals surface area contributed by atoms with E-state index in [2.05, 4.69) is 4.74 Å². The van der Waals surface area contributed by atoms with Crippen LogP contribution in [0.5, 0.6) is 0 Å². The lowest BCUT2D eigenvalue weighted by atomic mass is 9.96. The Kier molecular flexibility index (Phi) is 4.09. The quantitative estimate of drug-likeness (QED) is 0.616. The van der Waals surface area contributed by atoms with E-state index in [9.17, 15) is 26.7 Å². The van der Waals surface area contributed by atoms with Gasteiger partial charge in [-0.2, -0.15) is 18.4 Å². The summed E-state index contributed by atoms with van der Waals surface area (Å²) in [7, 11) is 0.850. The smallest absolute Gasteiger partial charge is 0.418 e. The number of carbonyl (C=O) groups is 1. The van der Waals surface area contributed by atoms with Crippen molar-refractivity contribution in [1.29, 1.82) is 5.26 Å². The second-order valence-electron chi connectivity index (χ2n) is 3.35. The molecule has 0 unspecified atom stereocenters. The molecule has 1 rings (SSSR count). The van der Waals surface area contributed by atoms with Crippen molar-refractivity contribution in [2.24, 2.45) is 0 Å². The number of hydrogen-bond donors (Lipinski definition) is 0. The van der Waals surface area contributed by atoms with Crippen molar-refractivity contribution >= 4 is 5.97 Å². The Morgan fingerprint density at radius 3 is 2.32 bits per heavy atom. The number of hydrogen-bond acceptors (Lipinski definition) is 3. The molecule has 1 aromatic carbocycles. The first-order chi connectivity index (χ1) is 8.73. The van der Waals surface area contributed by atoms with Crippen molar-refractivity contribution in [3.05, 3.63) is 34.4 Å². The van der Waals surface area contributed by atoms with Crippen molar-refractivity contribution in [3.8, 4) is 6.07 Å². The van der Waals surface area contributed by atoms with Gasteiger partial charge in [0.2, 0.25) is 0 Å². The Bertz CT molecular complexity index is 545. The van der Waals surface area contributed by atoms with E-state index in [1.165, 1.54) is 6.07 Å². The molecular weight excluding hydrogens is 273 g/mol. The van der Waals surface area contributed by atoms with E-state index in [1.807, 2.05) is 0 Å². The molecule has 0 aromatic heterocycles. The molecule has 0 aliphatic carbocycles. The van der Waals surface area contributed by atoms with Gasteiger partial charge in [0.1, 0.15) is 0 Å². The molecular formula is C11H6F5NO2. The number of ether oxygens (including phenoxy) is 1. The van der Waals surface area contributed by atoms with Gasteiger partial charge in [-0.1, -0.05) is 0 Å². The Labute approximate surface area is 104 Å². The summed E-state index contributed by atoms with van der Waals surface area (Å²) in [6.07, 6.45) is -8.75. The monoisotopic (exact) mass is 279 g/mol. The van der Waals surface area contributed by atoms with E-state index in [1.54, 1.807) is 0 Å². The lowest BCUT2D eigenvalue weighted by Gasteiger charge is -2.16. The van der Waals surface area contributed by atoms with Crippen LogP contribution in [0.25, 0.3) is 0 Å². The van der Waals surface area contributed by atoms with Gasteiger partial charge in [-0.05, 0) is 12.1 Å². The lowest BCUT2D eigenvalue weighted by molar-refractivity contribution is -0.139. The fourth-order valence-electron chi connectivity index (χ4n) is 1.53. The van der Waals surface area contributed by atoms with E-state index >= 15 is 0 Å². The number of alkyl halides is 5. The van der Waals surface area contributed by atoms with E-state index in [-0.39, 0.29) is 0 Å². The van der Waals surface area contributed by atoms with Gasteiger partial charge in [0.15, 0.2) is 0 Å². The molecule has 0 spiro atoms. The minimum Gasteiger partial charge on any atom is -0.465 e. The normalized spacial score (nSPS) is 11.3. The van der Waals surface area contributed by atoms with Crippen LogP contribution in [0.3, 0.4) is 0 Å². The molecule has 8 heteroatoms. The van der Waals surface area contributed by atoms with Gasteiger partial charge in [0, 0.05) is 5.56 Å². The van der Waals surface area contributed by atoms with E-state index in [4.69, 9.17) is 5.26 Å². The molecule has 0 aliphatic heterocycles. The maximum atomic E-state index is 12.8. The molecule has 0 N–H and O–H groups in total. The number of carbonyl (C=O) groups excluding carboxylic acids is 1. The highest BCUT2D eigenvalue weighted by Crippen LogP contribution is 2.40. The fraction of sp³-hybridized carbons (Fsp3) is 0.273. The standard InChI is InChI=1S/C11H6F5NO2/c1-19-10(18)6-3-2-5(4-17)8(11(14,15)16)7(6)9(12)13/h2-3,9H,1H3. The van der Waals surface area contributed by atoms with Crippen molar-refractivity contribution in [2.45, 2.75) is 12.6 Å². The van der Waals surface area contributed by atoms with E-state index in [0.29, 0.717) is 12.1 Å². The molecule has 3 nitrogen and oxygen atoms in total. The second kappa shape index (κ2) is 5.22. The zero-order valence-electron chi connectivity index (χ0n) is 9.39. The van der Waals surface area contributed by atoms with Crippen LogP contribution in [-0.2, 0) is 10.9 Å². The number of esters is 1. The summed E-state index contributed by atoms with van der Waals surface area (Å²) in [6, 6.07) is 2.54. The minimum absolute atomic E-state index is 0.654. The highest BCUT2D eigenvalue weighted by atomic mass is 19.4. The van der Waals surface area contributed by atoms with Gasteiger partial charge in [0.05, 0.1) is 29.9 Å². The van der Waals surface area contributed by atoms with Crippen LogP contribution in [0.1, 0.15) is 33.5 Å². The number of methoxy groups -OCH3 is 1. The summed E-state index contributed by atoms with van der Waals surface area (Å²) in [5.74, 6) is -1.33. The van der Waals surface area contributed by atoms with E-state index in [0.717, 1.165) is 7.11 Å². The topological polar surface area (TPSA) is 50.1 Å². The zero-order chi connectivity index (χ0) is 14.8. The highest BCUT2D eigenvalue weighted by Gasteiger charge is 2.41. The second-order valence-corrected chi connectivity index (χ2v) is 3.35. The van der Waals surface area contributed by atoms with Crippen molar-refractivity contribution < 1.29 is 31.5 Å². The maximum Gasteiger partial charge on any atom is 0.418 e. The third-order valence-electron chi connectivity index (χ3n) is 2.27. The molecule has 0 radical (unpaired) electrons. The van der Waals surface area contributed by atoms with Crippen LogP contribution in [0.4, 0.5) is 22.0 Å². The Morgan fingerprint density at radius 2 is 1.95 bits per heavy atom. The third-order valence-corrected chi connectivity index (χ3v) is 2.27. The number of rotatable bonds is 2. The third kappa shape index (κ3) is 2.81. The van der Waals surface area contributed by atoms with Gasteiger partial charge in [-0.15, -0.1) is 0 Å². The summed E-state index contributed by atoms with van der Waals surface area (Å²) in [4.78, 5) is 11.2. The number of halogens is 5. The average molecular weight is 279 g/mol. The average Bonchev–Trinajstić information content (AvgIpc) is 2.34. The fourth-order valence-corrected chi connectivity index (χ4v) is 1.53. The first-order valence-corrected chi connectivity index (χ1v) is 4.74. The molecule has 0 aliphatic rings. The van der Waals surface area contributed by atoms with Gasteiger partial charge in [0.25, 0.3) is 6.43 Å². The summed E-state index contributed by atoms with van der Waals surface area (Å²) < 4.78 is 68.1. The molecule has 0 bridgehead atoms. The predicted molar refractivity (Wildman–Crippen MR) is 52.5 cm³/mol. The molecule has 0 fully saturated rings. The summed E-state index contributed by atoms with van der Waals surface area (Å²) in [5, 5.41) is 8.56. The Balaban J connectivity index is 3.75.